The van der Waals surface area contributed by atoms with Gasteiger partial charge >= 0.3 is 0 Å². The van der Waals surface area contributed by atoms with Gasteiger partial charge in [0.05, 0.1) is 19.8 Å². The maximum absolute atomic E-state index is 5.15. The highest BCUT2D eigenvalue weighted by Crippen LogP contribution is 1.72. The van der Waals surface area contributed by atoms with E-state index in [1.165, 1.54) is 0 Å². The average Bonchev–Trinajstić information content (AvgIpc) is 1.97. The van der Waals surface area contributed by atoms with Crippen molar-refractivity contribution in [2.75, 3.05) is 40.5 Å². The summed E-state index contributed by atoms with van der Waals surface area (Å²) >= 11 is 0. The van der Waals surface area contributed by atoms with Gasteiger partial charge in [-0.2, -0.15) is 0 Å². The normalized spacial score (nSPS) is 10.2. The summed E-state index contributed by atoms with van der Waals surface area (Å²) in [6.45, 7) is 2.87. The predicted octanol–water partition coefficient (Wildman–Crippen LogP) is -0.627. The van der Waals surface area contributed by atoms with Gasteiger partial charge in [-0.3, -0.25) is 10.9 Å². The summed E-state index contributed by atoms with van der Waals surface area (Å²) in [5.41, 5.74) is 5.71. The van der Waals surface area contributed by atoms with Crippen LogP contribution in [0.25, 0.3) is 0 Å². The van der Waals surface area contributed by atoms with Gasteiger partial charge in [0, 0.05) is 13.7 Å². The second-order valence-corrected chi connectivity index (χ2v) is 1.78. The monoisotopic (exact) mass is 148 g/mol. The molecular weight excluding hydrogens is 132 g/mol. The lowest BCUT2D eigenvalue weighted by Gasteiger charge is -2.03. The molecule has 10 heavy (non-hydrogen) atoms. The van der Waals surface area contributed by atoms with Gasteiger partial charge in [-0.1, -0.05) is 0 Å². The number of methoxy groups -OCH3 is 1. The van der Waals surface area contributed by atoms with E-state index < -0.39 is 0 Å². The van der Waals surface area contributed by atoms with Crippen LogP contribution in [-0.2, 0) is 9.47 Å². The molecule has 0 rings (SSSR count). The van der Waals surface area contributed by atoms with Gasteiger partial charge in [0.15, 0.2) is 0 Å². The smallest absolute Gasteiger partial charge is 0.0700 e. The molecule has 0 aromatic carbocycles. The van der Waals surface area contributed by atoms with Gasteiger partial charge in [0.25, 0.3) is 0 Å². The van der Waals surface area contributed by atoms with Crippen LogP contribution in [0.2, 0.25) is 0 Å². The van der Waals surface area contributed by atoms with E-state index >= 15 is 0 Å². The zero-order valence-corrected chi connectivity index (χ0v) is 6.64. The zero-order chi connectivity index (χ0) is 7.66. The molecule has 0 bridgehead atoms. The quantitative estimate of drug-likeness (QED) is 0.373. The molecule has 0 spiro atoms. The number of ether oxygens (including phenoxy) is 2. The minimum absolute atomic E-state index is 0.666. The van der Waals surface area contributed by atoms with Crippen LogP contribution in [-0.4, -0.2) is 40.5 Å². The minimum atomic E-state index is 0.666. The number of hydrazine groups is 1. The van der Waals surface area contributed by atoms with Crippen molar-refractivity contribution >= 4 is 0 Å². The summed E-state index contributed by atoms with van der Waals surface area (Å²) in [6.07, 6.45) is 0. The zero-order valence-electron chi connectivity index (χ0n) is 6.64. The van der Waals surface area contributed by atoms with Crippen LogP contribution in [0.15, 0.2) is 0 Å². The van der Waals surface area contributed by atoms with Crippen molar-refractivity contribution in [2.45, 2.75) is 0 Å². The maximum atomic E-state index is 5.15. The van der Waals surface area contributed by atoms with E-state index in [2.05, 4.69) is 10.9 Å². The molecule has 0 aromatic rings. The molecule has 0 aliphatic rings. The standard InChI is InChI=1S/C6H16N2O2/c1-7-8-3-4-10-6-5-9-2/h7-8H,3-6H2,1-2H3. The molecule has 4 heteroatoms. The van der Waals surface area contributed by atoms with Crippen molar-refractivity contribution in [3.8, 4) is 0 Å². The first-order valence-electron chi connectivity index (χ1n) is 3.38. The van der Waals surface area contributed by atoms with Crippen molar-refractivity contribution in [3.63, 3.8) is 0 Å². The number of hydrogen-bond acceptors (Lipinski definition) is 4. The van der Waals surface area contributed by atoms with Gasteiger partial charge in [-0.25, -0.2) is 0 Å². The Bertz CT molecular complexity index is 53.7. The minimum Gasteiger partial charge on any atom is -0.382 e. The first-order chi connectivity index (χ1) is 4.91. The summed E-state index contributed by atoms with van der Waals surface area (Å²) in [5, 5.41) is 0. The van der Waals surface area contributed by atoms with Crippen LogP contribution in [0.4, 0.5) is 0 Å². The van der Waals surface area contributed by atoms with Crippen LogP contribution < -0.4 is 10.9 Å². The molecule has 0 saturated heterocycles. The van der Waals surface area contributed by atoms with E-state index in [4.69, 9.17) is 9.47 Å². The molecule has 62 valence electrons. The highest BCUT2D eigenvalue weighted by molar-refractivity contribution is 4.35. The molecule has 2 N–H and O–H groups in total. The molecule has 4 nitrogen and oxygen atoms in total. The summed E-state index contributed by atoms with van der Waals surface area (Å²) in [4.78, 5) is 0. The van der Waals surface area contributed by atoms with E-state index in [0.29, 0.717) is 19.8 Å². The largest absolute Gasteiger partial charge is 0.382 e. The molecule has 0 radical (unpaired) electrons. The van der Waals surface area contributed by atoms with Gasteiger partial charge in [-0.15, -0.1) is 0 Å². The highest BCUT2D eigenvalue weighted by Gasteiger charge is 1.85. The average molecular weight is 148 g/mol. The van der Waals surface area contributed by atoms with Crippen molar-refractivity contribution in [1.29, 1.82) is 0 Å². The maximum Gasteiger partial charge on any atom is 0.0700 e. The van der Waals surface area contributed by atoms with Crippen LogP contribution in [0, 0.1) is 0 Å². The first-order valence-corrected chi connectivity index (χ1v) is 3.38. The molecular formula is C6H16N2O2. The van der Waals surface area contributed by atoms with Crippen molar-refractivity contribution < 1.29 is 9.47 Å². The summed E-state index contributed by atoms with van der Waals surface area (Å²) in [6, 6.07) is 0. The summed E-state index contributed by atoms with van der Waals surface area (Å²) in [5.74, 6) is 0. The Kier molecular flexibility index (Phi) is 8.70. The van der Waals surface area contributed by atoms with Crippen LogP contribution >= 0.6 is 0 Å². The molecule has 0 heterocycles. The van der Waals surface area contributed by atoms with Gasteiger partial charge < -0.3 is 9.47 Å². The molecule has 0 fully saturated rings. The molecule has 0 aliphatic carbocycles. The Balaban J connectivity index is 2.65. The van der Waals surface area contributed by atoms with Gasteiger partial charge in [0.1, 0.15) is 0 Å². The van der Waals surface area contributed by atoms with Crippen molar-refractivity contribution in [1.82, 2.24) is 10.9 Å². The number of rotatable bonds is 7. The lowest BCUT2D eigenvalue weighted by atomic mass is 10.7. The fourth-order valence-electron chi connectivity index (χ4n) is 0.493. The molecule has 0 saturated carbocycles. The van der Waals surface area contributed by atoms with Gasteiger partial charge in [0.2, 0.25) is 0 Å². The second-order valence-electron chi connectivity index (χ2n) is 1.78. The first kappa shape index (κ1) is 9.84. The van der Waals surface area contributed by atoms with E-state index in [1.54, 1.807) is 7.11 Å². The molecule has 0 aromatic heterocycles. The lowest BCUT2D eigenvalue weighted by Crippen LogP contribution is -2.31. The Labute approximate surface area is 61.9 Å². The van der Waals surface area contributed by atoms with Crippen LogP contribution in [0.5, 0.6) is 0 Å². The molecule has 0 unspecified atom stereocenters. The van der Waals surface area contributed by atoms with Crippen LogP contribution in [0.3, 0.4) is 0 Å². The Morgan fingerprint density at radius 2 is 2.00 bits per heavy atom. The fraction of sp³-hybridized carbons (Fsp3) is 1.00. The molecule has 0 atom stereocenters. The Morgan fingerprint density at radius 1 is 1.20 bits per heavy atom. The second kappa shape index (κ2) is 8.84. The van der Waals surface area contributed by atoms with E-state index in [9.17, 15) is 0 Å². The summed E-state index contributed by atoms with van der Waals surface area (Å²) < 4.78 is 9.94. The lowest BCUT2D eigenvalue weighted by molar-refractivity contribution is 0.0711. The third kappa shape index (κ3) is 7.84. The number of nitrogens with one attached hydrogen (secondary N) is 2. The molecule has 0 aliphatic heterocycles. The van der Waals surface area contributed by atoms with Gasteiger partial charge in [-0.05, 0) is 7.05 Å². The third-order valence-electron chi connectivity index (χ3n) is 0.980. The summed E-state index contributed by atoms with van der Waals surface area (Å²) in [7, 11) is 3.49. The van der Waals surface area contributed by atoms with Crippen LogP contribution in [0.1, 0.15) is 0 Å². The van der Waals surface area contributed by atoms with E-state index in [0.717, 1.165) is 6.54 Å². The Hall–Kier alpha value is -0.160. The predicted molar refractivity (Wildman–Crippen MR) is 39.8 cm³/mol. The Morgan fingerprint density at radius 3 is 2.60 bits per heavy atom. The molecule has 0 amide bonds. The van der Waals surface area contributed by atoms with E-state index in [1.807, 2.05) is 7.05 Å². The third-order valence-corrected chi connectivity index (χ3v) is 0.980. The van der Waals surface area contributed by atoms with E-state index in [-0.39, 0.29) is 0 Å². The SMILES string of the molecule is CNNCCOCCOC. The van der Waals surface area contributed by atoms with Crippen molar-refractivity contribution in [2.24, 2.45) is 0 Å². The fourth-order valence-corrected chi connectivity index (χ4v) is 0.493. The number of hydrogen-bond donors (Lipinski definition) is 2. The van der Waals surface area contributed by atoms with Crippen molar-refractivity contribution in [3.05, 3.63) is 0 Å². The topological polar surface area (TPSA) is 42.5 Å². The highest BCUT2D eigenvalue weighted by atomic mass is 16.5.